The van der Waals surface area contributed by atoms with Crippen molar-refractivity contribution in [1.82, 2.24) is 5.32 Å². The number of nitrogens with one attached hydrogen (secondary N) is 1. The van der Waals surface area contributed by atoms with Crippen LogP contribution in [0.4, 0.5) is 0 Å². The van der Waals surface area contributed by atoms with Crippen molar-refractivity contribution in [3.05, 3.63) is 11.6 Å². The highest BCUT2D eigenvalue weighted by Crippen LogP contribution is 2.28. The third-order valence-electron chi connectivity index (χ3n) is 2.86. The van der Waals surface area contributed by atoms with E-state index in [-0.39, 0.29) is 0 Å². The molecule has 2 atom stereocenters. The van der Waals surface area contributed by atoms with Crippen LogP contribution in [0.2, 0.25) is 0 Å². The Morgan fingerprint density at radius 2 is 2.00 bits per heavy atom. The van der Waals surface area contributed by atoms with Crippen LogP contribution >= 0.6 is 0 Å². The van der Waals surface area contributed by atoms with Crippen LogP contribution in [0.5, 0.6) is 0 Å². The summed E-state index contributed by atoms with van der Waals surface area (Å²) < 4.78 is 0. The van der Waals surface area contributed by atoms with Crippen LogP contribution in [0.3, 0.4) is 0 Å². The Kier molecular flexibility index (Phi) is 2.14. The summed E-state index contributed by atoms with van der Waals surface area (Å²) in [5, 5.41) is 12.1. The standard InChI is InChI=1S/C10H14N2/c11-5-4-8-6-9-2-1-3-10(7-8)12-9/h4,9-10,12H,1-3,6-7H2. The predicted octanol–water partition coefficient (Wildman–Crippen LogP) is 1.74. The van der Waals surface area contributed by atoms with Crippen molar-refractivity contribution in [2.24, 2.45) is 0 Å². The lowest BCUT2D eigenvalue weighted by molar-refractivity contribution is 0.282. The minimum absolute atomic E-state index is 0.664. The summed E-state index contributed by atoms with van der Waals surface area (Å²) in [4.78, 5) is 0. The Balaban J connectivity index is 2.06. The van der Waals surface area contributed by atoms with E-state index in [1.54, 1.807) is 6.08 Å². The molecule has 12 heavy (non-hydrogen) atoms. The van der Waals surface area contributed by atoms with Gasteiger partial charge in [-0.25, -0.2) is 0 Å². The van der Waals surface area contributed by atoms with E-state index < -0.39 is 0 Å². The van der Waals surface area contributed by atoms with E-state index >= 15 is 0 Å². The van der Waals surface area contributed by atoms with Crippen LogP contribution < -0.4 is 5.32 Å². The molecule has 1 N–H and O–H groups in total. The second-order valence-corrected chi connectivity index (χ2v) is 3.83. The lowest BCUT2D eigenvalue weighted by Gasteiger charge is -2.37. The van der Waals surface area contributed by atoms with Gasteiger partial charge in [0.15, 0.2) is 0 Å². The summed E-state index contributed by atoms with van der Waals surface area (Å²) in [6.45, 7) is 0. The monoisotopic (exact) mass is 162 g/mol. The molecular formula is C10H14N2. The van der Waals surface area contributed by atoms with Gasteiger partial charge in [0.1, 0.15) is 0 Å². The van der Waals surface area contributed by atoms with E-state index in [1.807, 2.05) is 0 Å². The minimum Gasteiger partial charge on any atom is -0.311 e. The first-order valence-corrected chi connectivity index (χ1v) is 4.72. The van der Waals surface area contributed by atoms with Gasteiger partial charge in [0.25, 0.3) is 0 Å². The molecule has 0 spiro atoms. The first-order valence-electron chi connectivity index (χ1n) is 4.72. The second kappa shape index (κ2) is 3.28. The van der Waals surface area contributed by atoms with Crippen molar-refractivity contribution >= 4 is 0 Å². The van der Waals surface area contributed by atoms with Crippen molar-refractivity contribution < 1.29 is 0 Å². The SMILES string of the molecule is N#CC=C1CC2CCCC(C1)N2. The molecule has 2 aliphatic heterocycles. The lowest BCUT2D eigenvalue weighted by atomic mass is 9.84. The number of rotatable bonds is 0. The van der Waals surface area contributed by atoms with Gasteiger partial charge < -0.3 is 5.32 Å². The Bertz CT molecular complexity index is 223. The van der Waals surface area contributed by atoms with Crippen molar-refractivity contribution in [2.45, 2.75) is 44.2 Å². The highest BCUT2D eigenvalue weighted by atomic mass is 15.0. The molecule has 0 aromatic carbocycles. The molecular weight excluding hydrogens is 148 g/mol. The van der Waals surface area contributed by atoms with Gasteiger partial charge in [-0.05, 0) is 25.7 Å². The highest BCUT2D eigenvalue weighted by Gasteiger charge is 2.27. The number of allylic oxidation sites excluding steroid dienone is 1. The number of nitriles is 1. The van der Waals surface area contributed by atoms with Crippen molar-refractivity contribution in [2.75, 3.05) is 0 Å². The van der Waals surface area contributed by atoms with Crippen molar-refractivity contribution in [3.63, 3.8) is 0 Å². The maximum Gasteiger partial charge on any atom is 0.0911 e. The molecule has 0 radical (unpaired) electrons. The summed E-state index contributed by atoms with van der Waals surface area (Å²) in [7, 11) is 0. The Morgan fingerprint density at radius 3 is 2.58 bits per heavy atom. The van der Waals surface area contributed by atoms with Gasteiger partial charge in [0, 0.05) is 18.2 Å². The number of piperidine rings is 2. The average Bonchev–Trinajstić information content (AvgIpc) is 2.04. The van der Waals surface area contributed by atoms with Gasteiger partial charge in [0.05, 0.1) is 6.07 Å². The molecule has 2 rings (SSSR count). The Labute approximate surface area is 73.3 Å². The molecule has 2 nitrogen and oxygen atoms in total. The zero-order chi connectivity index (χ0) is 8.39. The van der Waals surface area contributed by atoms with Crippen LogP contribution in [-0.4, -0.2) is 12.1 Å². The molecule has 2 heterocycles. The van der Waals surface area contributed by atoms with Crippen LogP contribution in [0.25, 0.3) is 0 Å². The summed E-state index contributed by atoms with van der Waals surface area (Å²) >= 11 is 0. The van der Waals surface area contributed by atoms with E-state index in [4.69, 9.17) is 5.26 Å². The van der Waals surface area contributed by atoms with Gasteiger partial charge in [-0.1, -0.05) is 12.0 Å². The van der Waals surface area contributed by atoms with Gasteiger partial charge in [-0.3, -0.25) is 0 Å². The molecule has 2 aliphatic rings. The zero-order valence-electron chi connectivity index (χ0n) is 7.21. The molecule has 2 heteroatoms. The maximum atomic E-state index is 8.53. The largest absolute Gasteiger partial charge is 0.311 e. The molecule has 2 bridgehead atoms. The quantitative estimate of drug-likeness (QED) is 0.551. The van der Waals surface area contributed by atoms with Gasteiger partial charge >= 0.3 is 0 Å². The number of nitrogens with zero attached hydrogens (tertiary/aromatic N) is 1. The Morgan fingerprint density at radius 1 is 1.33 bits per heavy atom. The molecule has 64 valence electrons. The minimum atomic E-state index is 0.664. The highest BCUT2D eigenvalue weighted by molar-refractivity contribution is 5.18. The van der Waals surface area contributed by atoms with Crippen LogP contribution in [-0.2, 0) is 0 Å². The predicted molar refractivity (Wildman–Crippen MR) is 47.5 cm³/mol. The summed E-state index contributed by atoms with van der Waals surface area (Å²) in [5.74, 6) is 0. The average molecular weight is 162 g/mol. The lowest BCUT2D eigenvalue weighted by Crippen LogP contribution is -2.46. The summed E-state index contributed by atoms with van der Waals surface area (Å²) in [5.41, 5.74) is 1.35. The first kappa shape index (κ1) is 7.82. The fourth-order valence-corrected chi connectivity index (χ4v) is 2.36. The first-order chi connectivity index (χ1) is 5.88. The van der Waals surface area contributed by atoms with E-state index in [1.165, 1.54) is 24.8 Å². The van der Waals surface area contributed by atoms with Gasteiger partial charge in [0.2, 0.25) is 0 Å². The van der Waals surface area contributed by atoms with Crippen molar-refractivity contribution in [1.29, 1.82) is 5.26 Å². The molecule has 0 aromatic heterocycles. The molecule has 0 saturated carbocycles. The number of hydrogen-bond acceptors (Lipinski definition) is 2. The number of hydrogen-bond donors (Lipinski definition) is 1. The summed E-state index contributed by atoms with van der Waals surface area (Å²) in [6.07, 6.45) is 7.89. The van der Waals surface area contributed by atoms with Crippen LogP contribution in [0, 0.1) is 11.3 Å². The number of fused-ring (bicyclic) bond motifs is 2. The topological polar surface area (TPSA) is 35.8 Å². The molecule has 2 unspecified atom stereocenters. The van der Waals surface area contributed by atoms with E-state index in [9.17, 15) is 0 Å². The second-order valence-electron chi connectivity index (χ2n) is 3.83. The zero-order valence-corrected chi connectivity index (χ0v) is 7.21. The Hall–Kier alpha value is -0.810. The third-order valence-corrected chi connectivity index (χ3v) is 2.86. The fraction of sp³-hybridized carbons (Fsp3) is 0.700. The smallest absolute Gasteiger partial charge is 0.0911 e. The normalized spacial score (nSPS) is 34.1. The van der Waals surface area contributed by atoms with Gasteiger partial charge in [-0.15, -0.1) is 0 Å². The van der Waals surface area contributed by atoms with E-state index in [0.29, 0.717) is 12.1 Å². The summed E-state index contributed by atoms with van der Waals surface area (Å²) in [6, 6.07) is 3.46. The molecule has 2 fully saturated rings. The fourth-order valence-electron chi connectivity index (χ4n) is 2.36. The van der Waals surface area contributed by atoms with Crippen LogP contribution in [0.15, 0.2) is 11.6 Å². The molecule has 0 aromatic rings. The molecule has 2 saturated heterocycles. The van der Waals surface area contributed by atoms with Crippen LogP contribution in [0.1, 0.15) is 32.1 Å². The van der Waals surface area contributed by atoms with Gasteiger partial charge in [-0.2, -0.15) is 5.26 Å². The van der Waals surface area contributed by atoms with E-state index in [0.717, 1.165) is 12.8 Å². The molecule has 0 aliphatic carbocycles. The third kappa shape index (κ3) is 1.51. The maximum absolute atomic E-state index is 8.53. The molecule has 0 amide bonds. The van der Waals surface area contributed by atoms with E-state index in [2.05, 4.69) is 11.4 Å². The van der Waals surface area contributed by atoms with Crippen molar-refractivity contribution in [3.8, 4) is 6.07 Å².